The standard InChI is InChI=1S/C42H61N7O7/c1-9-14-29(22-33(50)46-31(41(55)56-42(6,7)8)21-27-15-11-10-12-16-27)45-39(53)36-30-18-13-17-28(30)24-49(36)40(54)35(26(4)5)48-38(52)34(25(2)3)47-37(51)32-23-43-19-20-44-32/h10-12,15-16,19-20,23,25-26,28-31,34-36H,9,13-14,17-18,21-22,24H2,1-8H3,(H,45,53)(H,46,50)(H,47,51)(H,48,52)/t28-,29?,30-,31-,34-,35-,36?/m0/s1. The van der Waals surface area contributed by atoms with Crippen LogP contribution in [-0.2, 0) is 35.1 Å². The zero-order chi connectivity index (χ0) is 41.2. The van der Waals surface area contributed by atoms with Crippen LogP contribution in [0.5, 0.6) is 0 Å². The van der Waals surface area contributed by atoms with Crippen molar-refractivity contribution in [3.63, 3.8) is 0 Å². The van der Waals surface area contributed by atoms with Crippen LogP contribution >= 0.6 is 0 Å². The summed E-state index contributed by atoms with van der Waals surface area (Å²) in [5.74, 6) is -3.29. The number of amides is 5. The zero-order valence-electron chi connectivity index (χ0n) is 34.2. The molecule has 1 aliphatic carbocycles. The second-order valence-electron chi connectivity index (χ2n) is 16.8. The molecule has 2 aliphatic rings. The van der Waals surface area contributed by atoms with Crippen molar-refractivity contribution >= 4 is 35.5 Å². The first-order valence-electron chi connectivity index (χ1n) is 20.0. The number of benzene rings is 1. The number of hydrogen-bond acceptors (Lipinski definition) is 9. The van der Waals surface area contributed by atoms with E-state index in [1.807, 2.05) is 51.1 Å². The van der Waals surface area contributed by atoms with Crippen LogP contribution in [0.4, 0.5) is 0 Å². The Hall–Kier alpha value is -4.88. The second kappa shape index (κ2) is 19.8. The van der Waals surface area contributed by atoms with Gasteiger partial charge in [-0.1, -0.05) is 77.8 Å². The Morgan fingerprint density at radius 3 is 2.20 bits per heavy atom. The molecule has 1 saturated carbocycles. The van der Waals surface area contributed by atoms with Gasteiger partial charge in [-0.3, -0.25) is 29.0 Å². The fourth-order valence-electron chi connectivity index (χ4n) is 7.72. The lowest BCUT2D eigenvalue weighted by molar-refractivity contribution is -0.158. The molecular weight excluding hydrogens is 715 g/mol. The van der Waals surface area contributed by atoms with E-state index in [4.69, 9.17) is 4.74 Å². The summed E-state index contributed by atoms with van der Waals surface area (Å²) in [6.07, 6.45) is 8.12. The molecule has 1 aromatic heterocycles. The quantitative estimate of drug-likeness (QED) is 0.174. The number of aromatic nitrogens is 2. The van der Waals surface area contributed by atoms with E-state index in [1.165, 1.54) is 18.6 Å². The van der Waals surface area contributed by atoms with Crippen LogP contribution in [0.1, 0.15) is 110 Å². The van der Waals surface area contributed by atoms with Crippen LogP contribution < -0.4 is 21.3 Å². The van der Waals surface area contributed by atoms with Crippen LogP contribution in [0, 0.1) is 23.7 Å². The number of fused-ring (bicyclic) bond motifs is 1. The Bertz CT molecular complexity index is 1660. The Labute approximate surface area is 331 Å². The molecule has 1 saturated heterocycles. The molecule has 1 aromatic carbocycles. The molecule has 7 atom stereocenters. The van der Waals surface area contributed by atoms with E-state index in [0.29, 0.717) is 19.4 Å². The molecule has 2 unspecified atom stereocenters. The van der Waals surface area contributed by atoms with E-state index in [9.17, 15) is 28.8 Å². The van der Waals surface area contributed by atoms with Crippen LogP contribution in [0.15, 0.2) is 48.9 Å². The summed E-state index contributed by atoms with van der Waals surface area (Å²) in [7, 11) is 0. The molecule has 2 aromatic rings. The van der Waals surface area contributed by atoms with Gasteiger partial charge in [-0.05, 0) is 69.3 Å². The summed E-state index contributed by atoms with van der Waals surface area (Å²) in [6.45, 7) is 14.9. The normalized spacial score (nSPS) is 20.0. The molecule has 0 spiro atoms. The molecule has 0 radical (unpaired) electrons. The number of esters is 1. The molecule has 2 heterocycles. The first-order valence-corrected chi connectivity index (χ1v) is 20.0. The molecule has 14 nitrogen and oxygen atoms in total. The summed E-state index contributed by atoms with van der Waals surface area (Å²) >= 11 is 0. The predicted octanol–water partition coefficient (Wildman–Crippen LogP) is 3.74. The average Bonchev–Trinajstić information content (AvgIpc) is 3.74. The van der Waals surface area contributed by atoms with Gasteiger partial charge >= 0.3 is 5.97 Å². The van der Waals surface area contributed by atoms with Gasteiger partial charge in [0.2, 0.25) is 23.6 Å². The lowest BCUT2D eigenvalue weighted by atomic mass is 9.92. The van der Waals surface area contributed by atoms with Crippen molar-refractivity contribution in [2.75, 3.05) is 6.54 Å². The van der Waals surface area contributed by atoms with E-state index >= 15 is 0 Å². The molecule has 4 rings (SSSR count). The van der Waals surface area contributed by atoms with E-state index in [2.05, 4.69) is 31.2 Å². The minimum atomic E-state index is -0.960. The molecule has 4 N–H and O–H groups in total. The maximum Gasteiger partial charge on any atom is 0.329 e. The number of hydrogen-bond donors (Lipinski definition) is 4. The summed E-state index contributed by atoms with van der Waals surface area (Å²) in [5, 5.41) is 11.6. The van der Waals surface area contributed by atoms with Crippen molar-refractivity contribution in [2.24, 2.45) is 23.7 Å². The van der Waals surface area contributed by atoms with Gasteiger partial charge in [-0.2, -0.15) is 0 Å². The Morgan fingerprint density at radius 2 is 1.59 bits per heavy atom. The number of ether oxygens (including phenoxy) is 1. The minimum absolute atomic E-state index is 0.0596. The highest BCUT2D eigenvalue weighted by molar-refractivity contribution is 5.98. The molecule has 1 aliphatic heterocycles. The maximum absolute atomic E-state index is 14.4. The van der Waals surface area contributed by atoms with E-state index in [1.54, 1.807) is 39.5 Å². The van der Waals surface area contributed by atoms with Crippen LogP contribution in [0.25, 0.3) is 0 Å². The van der Waals surface area contributed by atoms with Crippen molar-refractivity contribution in [2.45, 2.75) is 136 Å². The fraction of sp³-hybridized carbons (Fsp3) is 0.619. The summed E-state index contributed by atoms with van der Waals surface area (Å²) < 4.78 is 5.64. The minimum Gasteiger partial charge on any atom is -0.458 e. The van der Waals surface area contributed by atoms with Gasteiger partial charge in [0.1, 0.15) is 35.5 Å². The predicted molar refractivity (Wildman–Crippen MR) is 211 cm³/mol. The molecule has 14 heteroatoms. The topological polar surface area (TPSA) is 189 Å². The second-order valence-corrected chi connectivity index (χ2v) is 16.8. The smallest absolute Gasteiger partial charge is 0.329 e. The van der Waals surface area contributed by atoms with Crippen LogP contribution in [0.3, 0.4) is 0 Å². The van der Waals surface area contributed by atoms with Crippen molar-refractivity contribution in [1.29, 1.82) is 0 Å². The number of rotatable bonds is 17. The van der Waals surface area contributed by atoms with Crippen LogP contribution in [-0.4, -0.2) is 92.7 Å². The highest BCUT2D eigenvalue weighted by Crippen LogP contribution is 2.42. The Morgan fingerprint density at radius 1 is 0.893 bits per heavy atom. The lowest BCUT2D eigenvalue weighted by Crippen LogP contribution is -2.60. The zero-order valence-corrected chi connectivity index (χ0v) is 34.2. The third kappa shape index (κ3) is 12.1. The summed E-state index contributed by atoms with van der Waals surface area (Å²) in [4.78, 5) is 91.7. The van der Waals surface area contributed by atoms with Gasteiger partial charge in [0.25, 0.3) is 5.91 Å². The number of nitrogens with one attached hydrogen (secondary N) is 4. The van der Waals surface area contributed by atoms with Gasteiger partial charge in [0.15, 0.2) is 0 Å². The number of nitrogens with zero attached hydrogens (tertiary/aromatic N) is 3. The molecule has 56 heavy (non-hydrogen) atoms. The summed E-state index contributed by atoms with van der Waals surface area (Å²) in [5.41, 5.74) is 0.176. The summed E-state index contributed by atoms with van der Waals surface area (Å²) in [6, 6.07) is 5.20. The van der Waals surface area contributed by atoms with E-state index in [0.717, 1.165) is 24.8 Å². The maximum atomic E-state index is 14.4. The van der Waals surface area contributed by atoms with Crippen molar-refractivity contribution in [3.8, 4) is 0 Å². The molecule has 306 valence electrons. The first kappa shape index (κ1) is 43.8. The molecule has 5 amide bonds. The Kier molecular flexibility index (Phi) is 15.5. The number of carbonyl (C=O) groups excluding carboxylic acids is 6. The van der Waals surface area contributed by atoms with Gasteiger partial charge in [-0.15, -0.1) is 0 Å². The van der Waals surface area contributed by atoms with E-state index < -0.39 is 59.5 Å². The van der Waals surface area contributed by atoms with Gasteiger partial charge in [0, 0.05) is 37.8 Å². The third-order valence-electron chi connectivity index (χ3n) is 10.4. The largest absolute Gasteiger partial charge is 0.458 e. The van der Waals surface area contributed by atoms with E-state index in [-0.39, 0.29) is 54.0 Å². The van der Waals surface area contributed by atoms with Gasteiger partial charge < -0.3 is 30.9 Å². The van der Waals surface area contributed by atoms with Crippen molar-refractivity contribution in [1.82, 2.24) is 36.1 Å². The third-order valence-corrected chi connectivity index (χ3v) is 10.4. The highest BCUT2D eigenvalue weighted by Gasteiger charge is 2.51. The fourth-order valence-corrected chi connectivity index (χ4v) is 7.72. The molecular formula is C42H61N7O7. The first-order chi connectivity index (χ1) is 26.5. The van der Waals surface area contributed by atoms with Gasteiger partial charge in [0.05, 0.1) is 6.20 Å². The monoisotopic (exact) mass is 775 g/mol. The lowest BCUT2D eigenvalue weighted by Gasteiger charge is -2.34. The van der Waals surface area contributed by atoms with Gasteiger partial charge in [-0.25, -0.2) is 9.78 Å². The SMILES string of the molecule is CCCC(CC(=O)N[C@@H](Cc1ccccc1)C(=O)OC(C)(C)C)NC(=O)C1[C@H]2CCC[C@H]2CN1C(=O)[C@@H](NC(=O)[C@@H](NC(=O)c1cnccn1)C(C)C)C(C)C. The molecule has 0 bridgehead atoms. The van der Waals surface area contributed by atoms with Crippen LogP contribution in [0.2, 0.25) is 0 Å². The van der Waals surface area contributed by atoms with Crippen molar-refractivity contribution in [3.05, 3.63) is 60.2 Å². The highest BCUT2D eigenvalue weighted by atomic mass is 16.6. The number of likely N-dealkylation sites (tertiary alicyclic amines) is 1. The Balaban J connectivity index is 1.48. The average molecular weight is 776 g/mol. The van der Waals surface area contributed by atoms with Crippen molar-refractivity contribution < 1.29 is 33.5 Å². The molecule has 2 fully saturated rings. The number of carbonyl (C=O) groups is 6.